The number of aromatic nitrogens is 1. The molecule has 0 radical (unpaired) electrons. The van der Waals surface area contributed by atoms with Crippen LogP contribution in [0.1, 0.15) is 15.4 Å². The number of carbonyl (C=O) groups is 1. The summed E-state index contributed by atoms with van der Waals surface area (Å²) in [5.41, 5.74) is 0.868. The molecule has 0 saturated carbocycles. The Labute approximate surface area is 142 Å². The average molecular weight is 369 g/mol. The minimum Gasteiger partial charge on any atom is -0.298 e. The van der Waals surface area contributed by atoms with Crippen molar-refractivity contribution < 1.29 is 13.2 Å². The summed E-state index contributed by atoms with van der Waals surface area (Å²) in [5, 5.41) is 5.18. The van der Waals surface area contributed by atoms with Gasteiger partial charge in [0.25, 0.3) is 0 Å². The molecule has 0 aliphatic carbocycles. The second-order valence-corrected chi connectivity index (χ2v) is 9.12. The molecular weight excluding hydrogens is 354 g/mol. The van der Waals surface area contributed by atoms with Crippen molar-refractivity contribution in [3.63, 3.8) is 0 Å². The topological polar surface area (TPSA) is 79.4 Å². The van der Waals surface area contributed by atoms with Crippen molar-refractivity contribution in [2.24, 2.45) is 0 Å². The lowest BCUT2D eigenvalue weighted by Gasteiger charge is -2.23. The van der Waals surface area contributed by atoms with E-state index in [1.54, 1.807) is 17.4 Å². The third kappa shape index (κ3) is 4.05. The predicted octanol–water partition coefficient (Wildman–Crippen LogP) is 2.17. The fourth-order valence-electron chi connectivity index (χ4n) is 2.20. The lowest BCUT2D eigenvalue weighted by atomic mass is 10.2. The fraction of sp³-hybridized carbons (Fsp3) is 0.286. The molecule has 0 bridgehead atoms. The van der Waals surface area contributed by atoms with E-state index < -0.39 is 10.0 Å². The van der Waals surface area contributed by atoms with Gasteiger partial charge in [0.2, 0.25) is 15.9 Å². The highest BCUT2D eigenvalue weighted by Crippen LogP contribution is 2.29. The number of nitrogens with zero attached hydrogens (tertiary/aromatic N) is 2. The van der Waals surface area contributed by atoms with Crippen molar-refractivity contribution in [3.05, 3.63) is 39.0 Å². The van der Waals surface area contributed by atoms with Gasteiger partial charge in [-0.3, -0.25) is 10.1 Å². The number of thiophene rings is 1. The molecule has 3 rings (SSSR count). The summed E-state index contributed by atoms with van der Waals surface area (Å²) in [4.78, 5) is 18.2. The number of hydrogen-bond donors (Lipinski definition) is 1. The van der Waals surface area contributed by atoms with Gasteiger partial charge in [-0.15, -0.1) is 22.7 Å². The van der Waals surface area contributed by atoms with Gasteiger partial charge in [0.1, 0.15) is 0 Å². The molecule has 0 unspecified atom stereocenters. The normalized spacial score (nSPS) is 15.7. The van der Waals surface area contributed by atoms with Crippen molar-refractivity contribution in [3.8, 4) is 0 Å². The van der Waals surface area contributed by atoms with Crippen LogP contribution >= 0.6 is 22.7 Å². The Morgan fingerprint density at radius 2 is 2.30 bits per heavy atom. The average Bonchev–Trinajstić information content (AvgIpc) is 3.12. The van der Waals surface area contributed by atoms with Crippen LogP contribution in [0.4, 0.5) is 5.13 Å². The van der Waals surface area contributed by atoms with Gasteiger partial charge in [0.05, 0.1) is 11.9 Å². The van der Waals surface area contributed by atoms with E-state index in [9.17, 15) is 13.2 Å². The van der Waals surface area contributed by atoms with Crippen LogP contribution < -0.4 is 5.32 Å². The molecule has 122 valence electrons. The molecule has 1 amide bonds. The van der Waals surface area contributed by atoms with Crippen LogP contribution in [0.3, 0.4) is 0 Å². The van der Waals surface area contributed by atoms with Gasteiger partial charge >= 0.3 is 0 Å². The summed E-state index contributed by atoms with van der Waals surface area (Å²) in [6, 6.07) is 3.85. The van der Waals surface area contributed by atoms with Gasteiger partial charge in [0, 0.05) is 35.3 Å². The standard InChI is InChI=1S/C14H15N3O3S3/c1-23(19,20)17-7-6-11-12(9-17)22-14(15-11)16-13(18)5-4-10-3-2-8-21-10/h2-5,8H,6-7,9H2,1H3,(H,15,16,18)/b5-4+. The van der Waals surface area contributed by atoms with E-state index in [2.05, 4.69) is 10.3 Å². The molecule has 0 spiro atoms. The van der Waals surface area contributed by atoms with Crippen molar-refractivity contribution >= 4 is 49.8 Å². The number of hydrogen-bond acceptors (Lipinski definition) is 6. The van der Waals surface area contributed by atoms with Crippen LogP contribution in [-0.4, -0.2) is 36.4 Å². The van der Waals surface area contributed by atoms with Gasteiger partial charge in [-0.05, 0) is 17.5 Å². The second-order valence-electron chi connectivity index (χ2n) is 5.07. The van der Waals surface area contributed by atoms with E-state index in [1.165, 1.54) is 28.0 Å². The molecule has 1 N–H and O–H groups in total. The highest BCUT2D eigenvalue weighted by molar-refractivity contribution is 7.88. The van der Waals surface area contributed by atoms with Gasteiger partial charge < -0.3 is 0 Å². The number of sulfonamides is 1. The third-order valence-electron chi connectivity index (χ3n) is 3.34. The molecule has 3 heterocycles. The smallest absolute Gasteiger partial charge is 0.250 e. The maximum Gasteiger partial charge on any atom is 0.250 e. The Hall–Kier alpha value is -1.55. The van der Waals surface area contributed by atoms with Crippen molar-refractivity contribution in [1.29, 1.82) is 0 Å². The zero-order valence-corrected chi connectivity index (χ0v) is 14.8. The van der Waals surface area contributed by atoms with E-state index in [4.69, 9.17) is 0 Å². The Morgan fingerprint density at radius 3 is 3.00 bits per heavy atom. The summed E-state index contributed by atoms with van der Waals surface area (Å²) >= 11 is 2.88. The lowest BCUT2D eigenvalue weighted by molar-refractivity contribution is -0.111. The van der Waals surface area contributed by atoms with E-state index >= 15 is 0 Å². The Bertz CT molecular complexity index is 838. The molecule has 2 aromatic rings. The highest BCUT2D eigenvalue weighted by atomic mass is 32.2. The Morgan fingerprint density at radius 1 is 1.48 bits per heavy atom. The number of fused-ring (bicyclic) bond motifs is 1. The van der Waals surface area contributed by atoms with Gasteiger partial charge in [-0.1, -0.05) is 6.07 Å². The van der Waals surface area contributed by atoms with Crippen LogP contribution in [0.2, 0.25) is 0 Å². The first-order valence-electron chi connectivity index (χ1n) is 6.88. The number of thiazole rings is 1. The molecule has 1 aliphatic heterocycles. The summed E-state index contributed by atoms with van der Waals surface area (Å²) in [5.74, 6) is -0.246. The first-order valence-corrected chi connectivity index (χ1v) is 10.4. The van der Waals surface area contributed by atoms with Crippen LogP contribution in [-0.2, 0) is 27.8 Å². The molecule has 1 aliphatic rings. The minimum atomic E-state index is -3.20. The molecule has 23 heavy (non-hydrogen) atoms. The maximum atomic E-state index is 11.9. The van der Waals surface area contributed by atoms with E-state index in [0.29, 0.717) is 24.6 Å². The second kappa shape index (κ2) is 6.52. The van der Waals surface area contributed by atoms with E-state index in [1.807, 2.05) is 17.5 Å². The monoisotopic (exact) mass is 369 g/mol. The van der Waals surface area contributed by atoms with E-state index in [0.717, 1.165) is 15.4 Å². The predicted molar refractivity (Wildman–Crippen MR) is 93.1 cm³/mol. The Balaban J connectivity index is 1.67. The van der Waals surface area contributed by atoms with Crippen molar-refractivity contribution in [2.75, 3.05) is 18.1 Å². The first kappa shape index (κ1) is 16.3. The first-order chi connectivity index (χ1) is 10.9. The largest absolute Gasteiger partial charge is 0.298 e. The van der Waals surface area contributed by atoms with Gasteiger partial charge in [-0.25, -0.2) is 13.4 Å². The van der Waals surface area contributed by atoms with Crippen LogP contribution in [0.15, 0.2) is 23.6 Å². The minimum absolute atomic E-state index is 0.246. The molecule has 0 aromatic carbocycles. The number of carbonyl (C=O) groups excluding carboxylic acids is 1. The molecule has 2 aromatic heterocycles. The summed E-state index contributed by atoms with van der Waals surface area (Å²) in [6.45, 7) is 0.758. The summed E-state index contributed by atoms with van der Waals surface area (Å²) in [6.07, 6.45) is 4.99. The van der Waals surface area contributed by atoms with Crippen molar-refractivity contribution in [2.45, 2.75) is 13.0 Å². The highest BCUT2D eigenvalue weighted by Gasteiger charge is 2.26. The molecule has 9 heteroatoms. The SMILES string of the molecule is CS(=O)(=O)N1CCc2nc(NC(=O)/C=C/c3cccs3)sc2C1. The Kier molecular flexibility index (Phi) is 4.62. The van der Waals surface area contributed by atoms with Crippen LogP contribution in [0.25, 0.3) is 6.08 Å². The lowest BCUT2D eigenvalue weighted by Crippen LogP contribution is -2.34. The van der Waals surface area contributed by atoms with E-state index in [-0.39, 0.29) is 5.91 Å². The molecular formula is C14H15N3O3S3. The summed E-state index contributed by atoms with van der Waals surface area (Å²) < 4.78 is 24.6. The number of rotatable bonds is 4. The molecule has 6 nitrogen and oxygen atoms in total. The number of anilines is 1. The number of nitrogens with one attached hydrogen (secondary N) is 1. The van der Waals surface area contributed by atoms with Gasteiger partial charge in [-0.2, -0.15) is 4.31 Å². The fourth-order valence-corrected chi connectivity index (χ4v) is 4.71. The molecule has 0 atom stereocenters. The van der Waals surface area contributed by atoms with Crippen molar-refractivity contribution in [1.82, 2.24) is 9.29 Å². The quantitative estimate of drug-likeness (QED) is 0.838. The summed E-state index contributed by atoms with van der Waals surface area (Å²) in [7, 11) is -3.20. The maximum absolute atomic E-state index is 11.9. The van der Waals surface area contributed by atoms with Crippen LogP contribution in [0, 0.1) is 0 Å². The zero-order chi connectivity index (χ0) is 16.4. The molecule has 0 fully saturated rings. The van der Waals surface area contributed by atoms with Gasteiger partial charge in [0.15, 0.2) is 5.13 Å². The third-order valence-corrected chi connectivity index (χ3v) is 6.42. The molecule has 0 saturated heterocycles. The van der Waals surface area contributed by atoms with Crippen LogP contribution in [0.5, 0.6) is 0 Å². The number of amides is 1. The zero-order valence-electron chi connectivity index (χ0n) is 12.4.